The summed E-state index contributed by atoms with van der Waals surface area (Å²) < 4.78 is 0. The Morgan fingerprint density at radius 2 is 2.14 bits per heavy atom. The van der Waals surface area contributed by atoms with Crippen LogP contribution in [0.4, 0.5) is 5.69 Å². The van der Waals surface area contributed by atoms with Gasteiger partial charge in [-0.25, -0.2) is 0 Å². The fourth-order valence-corrected chi connectivity index (χ4v) is 2.57. The zero-order valence-corrected chi connectivity index (χ0v) is 13.3. The zero-order chi connectivity index (χ0) is 15.8. The summed E-state index contributed by atoms with van der Waals surface area (Å²) >= 11 is 11.5. The Morgan fingerprint density at radius 3 is 2.71 bits per heavy atom. The number of nitrogens with one attached hydrogen (secondary N) is 1. The van der Waals surface area contributed by atoms with Crippen molar-refractivity contribution in [1.82, 2.24) is 5.32 Å². The number of amides is 1. The lowest BCUT2D eigenvalue weighted by Crippen LogP contribution is -2.30. The number of alkyl halides is 1. The molecule has 1 aromatic rings. The SMILES string of the molecule is CCCC(CCCl)CNC(=O)c1ccc(Cl)cc1[N+](=O)[O-]. The van der Waals surface area contributed by atoms with Gasteiger partial charge in [0.05, 0.1) is 4.92 Å². The molecule has 0 aliphatic carbocycles. The first-order valence-electron chi connectivity index (χ1n) is 6.77. The summed E-state index contributed by atoms with van der Waals surface area (Å²) in [4.78, 5) is 22.5. The summed E-state index contributed by atoms with van der Waals surface area (Å²) in [6.07, 6.45) is 2.76. The summed E-state index contributed by atoms with van der Waals surface area (Å²) in [6, 6.07) is 4.01. The molecule has 0 spiro atoms. The van der Waals surface area contributed by atoms with Crippen molar-refractivity contribution >= 4 is 34.8 Å². The second-order valence-corrected chi connectivity index (χ2v) is 5.58. The second-order valence-electron chi connectivity index (χ2n) is 4.76. The zero-order valence-electron chi connectivity index (χ0n) is 11.8. The molecule has 0 bridgehead atoms. The minimum atomic E-state index is -0.608. The van der Waals surface area contributed by atoms with Crippen LogP contribution in [0.3, 0.4) is 0 Å². The lowest BCUT2D eigenvalue weighted by atomic mass is 10.0. The highest BCUT2D eigenvalue weighted by molar-refractivity contribution is 6.31. The molecule has 0 saturated carbocycles. The quantitative estimate of drug-likeness (QED) is 0.444. The second kappa shape index (κ2) is 8.85. The summed E-state index contributed by atoms with van der Waals surface area (Å²) in [5.74, 6) is 0.346. The van der Waals surface area contributed by atoms with E-state index in [4.69, 9.17) is 23.2 Å². The standard InChI is InChI=1S/C14H18Cl2N2O3/c1-2-3-10(6-7-15)9-17-14(19)12-5-4-11(16)8-13(12)18(20)21/h4-5,8,10H,2-3,6-7,9H2,1H3,(H,17,19). The predicted octanol–water partition coefficient (Wildman–Crippen LogP) is 4.02. The number of nitrogens with zero attached hydrogens (tertiary/aromatic N) is 1. The molecule has 0 saturated heterocycles. The van der Waals surface area contributed by atoms with Crippen molar-refractivity contribution < 1.29 is 9.72 Å². The van der Waals surface area contributed by atoms with Crippen LogP contribution in [0.25, 0.3) is 0 Å². The maximum absolute atomic E-state index is 12.1. The number of nitro benzene ring substituents is 1. The van der Waals surface area contributed by atoms with E-state index in [2.05, 4.69) is 12.2 Å². The van der Waals surface area contributed by atoms with Crippen molar-refractivity contribution in [2.75, 3.05) is 12.4 Å². The van der Waals surface area contributed by atoms with Crippen LogP contribution in [0.1, 0.15) is 36.5 Å². The average molecular weight is 333 g/mol. The smallest absolute Gasteiger partial charge is 0.283 e. The van der Waals surface area contributed by atoms with E-state index < -0.39 is 10.8 Å². The highest BCUT2D eigenvalue weighted by Gasteiger charge is 2.21. The number of benzene rings is 1. The molecule has 0 aliphatic heterocycles. The molecule has 116 valence electrons. The fraction of sp³-hybridized carbons (Fsp3) is 0.500. The lowest BCUT2D eigenvalue weighted by molar-refractivity contribution is -0.385. The van der Waals surface area contributed by atoms with Crippen molar-refractivity contribution in [2.24, 2.45) is 5.92 Å². The topological polar surface area (TPSA) is 72.2 Å². The van der Waals surface area contributed by atoms with Gasteiger partial charge in [-0.05, 0) is 30.9 Å². The third-order valence-electron chi connectivity index (χ3n) is 3.17. The van der Waals surface area contributed by atoms with Crippen molar-refractivity contribution in [1.29, 1.82) is 0 Å². The van der Waals surface area contributed by atoms with Gasteiger partial charge < -0.3 is 5.32 Å². The molecule has 1 atom stereocenters. The van der Waals surface area contributed by atoms with Gasteiger partial charge in [-0.1, -0.05) is 24.9 Å². The van der Waals surface area contributed by atoms with Gasteiger partial charge in [0, 0.05) is 23.5 Å². The Kier molecular flexibility index (Phi) is 7.47. The van der Waals surface area contributed by atoms with Crippen LogP contribution in [0.5, 0.6) is 0 Å². The van der Waals surface area contributed by atoms with Gasteiger partial charge in [-0.3, -0.25) is 14.9 Å². The predicted molar refractivity (Wildman–Crippen MR) is 84.2 cm³/mol. The highest BCUT2D eigenvalue weighted by atomic mass is 35.5. The summed E-state index contributed by atoms with van der Waals surface area (Å²) in [5, 5.41) is 13.9. The molecular weight excluding hydrogens is 315 g/mol. The molecule has 0 radical (unpaired) electrons. The first-order valence-corrected chi connectivity index (χ1v) is 7.69. The number of nitro groups is 1. The summed E-state index contributed by atoms with van der Waals surface area (Å²) in [6.45, 7) is 2.52. The van der Waals surface area contributed by atoms with Gasteiger partial charge >= 0.3 is 0 Å². The molecule has 0 aliphatic rings. The van der Waals surface area contributed by atoms with Crippen LogP contribution < -0.4 is 5.32 Å². The normalized spacial score (nSPS) is 12.0. The fourth-order valence-electron chi connectivity index (χ4n) is 2.09. The molecule has 1 N–H and O–H groups in total. The molecule has 7 heteroatoms. The molecule has 0 aromatic heterocycles. The van der Waals surface area contributed by atoms with Crippen molar-refractivity contribution in [3.05, 3.63) is 38.9 Å². The number of hydrogen-bond acceptors (Lipinski definition) is 3. The van der Waals surface area contributed by atoms with E-state index in [-0.39, 0.29) is 22.2 Å². The first-order chi connectivity index (χ1) is 9.99. The van der Waals surface area contributed by atoms with Gasteiger partial charge in [0.15, 0.2) is 0 Å². The minimum absolute atomic E-state index is 0.0190. The third kappa shape index (κ3) is 5.52. The Hall–Kier alpha value is -1.33. The lowest BCUT2D eigenvalue weighted by Gasteiger charge is -2.15. The Bertz CT molecular complexity index is 503. The van der Waals surface area contributed by atoms with E-state index >= 15 is 0 Å². The van der Waals surface area contributed by atoms with E-state index in [1.54, 1.807) is 0 Å². The monoisotopic (exact) mass is 332 g/mol. The summed E-state index contributed by atoms with van der Waals surface area (Å²) in [7, 11) is 0. The van der Waals surface area contributed by atoms with Gasteiger partial charge in [-0.2, -0.15) is 0 Å². The van der Waals surface area contributed by atoms with Gasteiger partial charge in [0.25, 0.3) is 11.6 Å². The van der Waals surface area contributed by atoms with E-state index in [9.17, 15) is 14.9 Å². The molecule has 0 fully saturated rings. The molecule has 1 amide bonds. The Labute approximate surface area is 133 Å². The number of carbonyl (C=O) groups is 1. The first kappa shape index (κ1) is 17.7. The molecular formula is C14H18Cl2N2O3. The van der Waals surface area contributed by atoms with Crippen LogP contribution in [0.15, 0.2) is 18.2 Å². The van der Waals surface area contributed by atoms with E-state index in [0.29, 0.717) is 12.4 Å². The Morgan fingerprint density at radius 1 is 1.43 bits per heavy atom. The number of carbonyl (C=O) groups excluding carboxylic acids is 1. The van der Waals surface area contributed by atoms with Crippen LogP contribution in [0, 0.1) is 16.0 Å². The largest absolute Gasteiger partial charge is 0.352 e. The Balaban J connectivity index is 2.77. The van der Waals surface area contributed by atoms with Crippen LogP contribution in [-0.2, 0) is 0 Å². The van der Waals surface area contributed by atoms with Crippen molar-refractivity contribution in [3.8, 4) is 0 Å². The molecule has 0 heterocycles. The third-order valence-corrected chi connectivity index (χ3v) is 3.62. The van der Waals surface area contributed by atoms with Gasteiger partial charge in [-0.15, -0.1) is 11.6 Å². The minimum Gasteiger partial charge on any atom is -0.352 e. The molecule has 1 rings (SSSR count). The van der Waals surface area contributed by atoms with E-state index in [0.717, 1.165) is 19.3 Å². The number of hydrogen-bond donors (Lipinski definition) is 1. The molecule has 1 aromatic carbocycles. The van der Waals surface area contributed by atoms with Gasteiger partial charge in [0.2, 0.25) is 0 Å². The van der Waals surface area contributed by atoms with Gasteiger partial charge in [0.1, 0.15) is 5.56 Å². The van der Waals surface area contributed by atoms with Crippen LogP contribution >= 0.6 is 23.2 Å². The van der Waals surface area contributed by atoms with E-state index in [1.807, 2.05) is 0 Å². The van der Waals surface area contributed by atoms with E-state index in [1.165, 1.54) is 18.2 Å². The maximum atomic E-state index is 12.1. The highest BCUT2D eigenvalue weighted by Crippen LogP contribution is 2.23. The maximum Gasteiger partial charge on any atom is 0.283 e. The molecule has 5 nitrogen and oxygen atoms in total. The molecule has 21 heavy (non-hydrogen) atoms. The van der Waals surface area contributed by atoms with Crippen LogP contribution in [0.2, 0.25) is 5.02 Å². The molecule has 1 unspecified atom stereocenters. The van der Waals surface area contributed by atoms with Crippen molar-refractivity contribution in [3.63, 3.8) is 0 Å². The number of rotatable bonds is 8. The van der Waals surface area contributed by atoms with Crippen LogP contribution in [-0.4, -0.2) is 23.3 Å². The average Bonchev–Trinajstić information content (AvgIpc) is 2.44. The number of halogens is 2. The van der Waals surface area contributed by atoms with Crippen molar-refractivity contribution in [2.45, 2.75) is 26.2 Å². The summed E-state index contributed by atoms with van der Waals surface area (Å²) in [5.41, 5.74) is -0.269.